The van der Waals surface area contributed by atoms with Crippen LogP contribution < -0.4 is 5.32 Å². The molecule has 0 saturated heterocycles. The Morgan fingerprint density at radius 3 is 3.06 bits per heavy atom. The van der Waals surface area contributed by atoms with E-state index in [9.17, 15) is 4.39 Å². The summed E-state index contributed by atoms with van der Waals surface area (Å²) in [5.41, 5.74) is 3.41. The fourth-order valence-corrected chi connectivity index (χ4v) is 2.61. The maximum absolute atomic E-state index is 13.4. The van der Waals surface area contributed by atoms with Crippen LogP contribution in [0, 0.1) is 5.82 Å². The highest BCUT2D eigenvalue weighted by Crippen LogP contribution is 2.29. The summed E-state index contributed by atoms with van der Waals surface area (Å²) in [6, 6.07) is 9.24. The van der Waals surface area contributed by atoms with Crippen LogP contribution in [0.4, 0.5) is 4.39 Å². The third-order valence-electron chi connectivity index (χ3n) is 3.42. The van der Waals surface area contributed by atoms with E-state index in [1.807, 2.05) is 18.5 Å². The van der Waals surface area contributed by atoms with Gasteiger partial charge in [-0.2, -0.15) is 0 Å². The highest BCUT2D eigenvalue weighted by Gasteiger charge is 2.25. The smallest absolute Gasteiger partial charge is 0.123 e. The predicted molar refractivity (Wildman–Crippen MR) is 68.8 cm³/mol. The van der Waals surface area contributed by atoms with Gasteiger partial charge in [0.05, 0.1) is 6.04 Å². The molecule has 1 N–H and O–H groups in total. The lowest BCUT2D eigenvalue weighted by Crippen LogP contribution is -2.38. The van der Waals surface area contributed by atoms with Gasteiger partial charge in [0.15, 0.2) is 0 Å². The number of nitrogens with zero attached hydrogens (tertiary/aromatic N) is 1. The van der Waals surface area contributed by atoms with Crippen molar-refractivity contribution in [2.45, 2.75) is 25.4 Å². The van der Waals surface area contributed by atoms with E-state index in [4.69, 9.17) is 0 Å². The SMILES string of the molecule is CC1Cc2ccncc2C(c2cccc(F)c2)N1. The van der Waals surface area contributed by atoms with Gasteiger partial charge < -0.3 is 5.32 Å². The first-order valence-corrected chi connectivity index (χ1v) is 6.18. The molecule has 2 aromatic rings. The molecule has 3 rings (SSSR count). The predicted octanol–water partition coefficient (Wildman–Crippen LogP) is 2.84. The van der Waals surface area contributed by atoms with Crippen LogP contribution in [-0.4, -0.2) is 11.0 Å². The van der Waals surface area contributed by atoms with E-state index in [-0.39, 0.29) is 11.9 Å². The lowest BCUT2D eigenvalue weighted by atomic mass is 9.88. The summed E-state index contributed by atoms with van der Waals surface area (Å²) < 4.78 is 13.4. The summed E-state index contributed by atoms with van der Waals surface area (Å²) in [6.45, 7) is 2.15. The maximum atomic E-state index is 13.4. The minimum absolute atomic E-state index is 0.0353. The lowest BCUT2D eigenvalue weighted by Gasteiger charge is -2.31. The van der Waals surface area contributed by atoms with E-state index in [1.54, 1.807) is 12.1 Å². The molecule has 2 heterocycles. The Morgan fingerprint density at radius 2 is 2.22 bits per heavy atom. The first-order chi connectivity index (χ1) is 8.74. The van der Waals surface area contributed by atoms with E-state index in [2.05, 4.69) is 23.3 Å². The van der Waals surface area contributed by atoms with Crippen molar-refractivity contribution < 1.29 is 4.39 Å². The van der Waals surface area contributed by atoms with Crippen LogP contribution >= 0.6 is 0 Å². The van der Waals surface area contributed by atoms with Gasteiger partial charge in [0.2, 0.25) is 0 Å². The molecule has 1 aliphatic heterocycles. The lowest BCUT2D eigenvalue weighted by molar-refractivity contribution is 0.461. The second kappa shape index (κ2) is 4.50. The molecule has 3 heteroatoms. The molecule has 0 spiro atoms. The first kappa shape index (κ1) is 11.4. The zero-order valence-corrected chi connectivity index (χ0v) is 10.2. The van der Waals surface area contributed by atoms with Crippen molar-refractivity contribution in [3.63, 3.8) is 0 Å². The van der Waals surface area contributed by atoms with Crippen molar-refractivity contribution in [3.05, 3.63) is 65.2 Å². The third-order valence-corrected chi connectivity index (χ3v) is 3.42. The number of nitrogens with one attached hydrogen (secondary N) is 1. The summed E-state index contributed by atoms with van der Waals surface area (Å²) in [5.74, 6) is -0.196. The van der Waals surface area contributed by atoms with Crippen LogP contribution in [0.5, 0.6) is 0 Å². The normalized spacial score (nSPS) is 22.6. The summed E-state index contributed by atoms with van der Waals surface area (Å²) in [6.07, 6.45) is 4.69. The van der Waals surface area contributed by atoms with E-state index in [0.717, 1.165) is 17.5 Å². The van der Waals surface area contributed by atoms with Crippen LogP contribution in [0.15, 0.2) is 42.7 Å². The fourth-order valence-electron chi connectivity index (χ4n) is 2.61. The summed E-state index contributed by atoms with van der Waals surface area (Å²) >= 11 is 0. The molecular formula is C15H15FN2. The molecule has 2 unspecified atom stereocenters. The molecule has 2 nitrogen and oxygen atoms in total. The Morgan fingerprint density at radius 1 is 1.33 bits per heavy atom. The molecule has 0 saturated carbocycles. The minimum Gasteiger partial charge on any atom is -0.303 e. The zero-order valence-electron chi connectivity index (χ0n) is 10.2. The highest BCUT2D eigenvalue weighted by atomic mass is 19.1. The Hall–Kier alpha value is -1.74. The van der Waals surface area contributed by atoms with Crippen molar-refractivity contribution in [2.75, 3.05) is 0 Å². The number of hydrogen-bond donors (Lipinski definition) is 1. The van der Waals surface area contributed by atoms with Gasteiger partial charge >= 0.3 is 0 Å². The standard InChI is InChI=1S/C15H15FN2/c1-10-7-11-5-6-17-9-14(11)15(18-10)12-3-2-4-13(16)8-12/h2-6,8-10,15,18H,7H2,1H3. The number of aromatic nitrogens is 1. The minimum atomic E-state index is -0.196. The van der Waals surface area contributed by atoms with Crippen LogP contribution in [0.2, 0.25) is 0 Å². The van der Waals surface area contributed by atoms with Gasteiger partial charge in [-0.25, -0.2) is 4.39 Å². The quantitative estimate of drug-likeness (QED) is 0.831. The number of hydrogen-bond acceptors (Lipinski definition) is 2. The van der Waals surface area contributed by atoms with Gasteiger partial charge in [-0.3, -0.25) is 4.98 Å². The molecule has 0 bridgehead atoms. The number of fused-ring (bicyclic) bond motifs is 1. The average molecular weight is 242 g/mol. The van der Waals surface area contributed by atoms with Gasteiger partial charge in [0.25, 0.3) is 0 Å². The van der Waals surface area contributed by atoms with Crippen LogP contribution in [-0.2, 0) is 6.42 Å². The summed E-state index contributed by atoms with van der Waals surface area (Å²) in [7, 11) is 0. The number of halogens is 1. The molecule has 2 atom stereocenters. The van der Waals surface area contributed by atoms with Gasteiger partial charge in [-0.05, 0) is 48.2 Å². The van der Waals surface area contributed by atoms with E-state index in [1.165, 1.54) is 11.6 Å². The molecular weight excluding hydrogens is 227 g/mol. The van der Waals surface area contributed by atoms with Crippen molar-refractivity contribution in [1.29, 1.82) is 0 Å². The Balaban J connectivity index is 2.07. The molecule has 92 valence electrons. The monoisotopic (exact) mass is 242 g/mol. The Labute approximate surface area is 106 Å². The second-order valence-electron chi connectivity index (χ2n) is 4.83. The van der Waals surface area contributed by atoms with E-state index < -0.39 is 0 Å². The molecule has 0 amide bonds. The van der Waals surface area contributed by atoms with Crippen molar-refractivity contribution in [1.82, 2.24) is 10.3 Å². The van der Waals surface area contributed by atoms with Gasteiger partial charge in [-0.1, -0.05) is 12.1 Å². The molecule has 1 aromatic heterocycles. The maximum Gasteiger partial charge on any atom is 0.123 e. The van der Waals surface area contributed by atoms with E-state index >= 15 is 0 Å². The Bertz CT molecular complexity index is 568. The largest absolute Gasteiger partial charge is 0.303 e. The number of pyridine rings is 1. The van der Waals surface area contributed by atoms with Crippen molar-refractivity contribution >= 4 is 0 Å². The molecule has 0 fully saturated rings. The van der Waals surface area contributed by atoms with Crippen LogP contribution in [0.1, 0.15) is 29.7 Å². The molecule has 0 aliphatic carbocycles. The molecule has 1 aromatic carbocycles. The van der Waals surface area contributed by atoms with Gasteiger partial charge in [0, 0.05) is 18.4 Å². The van der Waals surface area contributed by atoms with Gasteiger partial charge in [0.1, 0.15) is 5.82 Å². The second-order valence-corrected chi connectivity index (χ2v) is 4.83. The third kappa shape index (κ3) is 2.02. The van der Waals surface area contributed by atoms with Gasteiger partial charge in [-0.15, -0.1) is 0 Å². The molecule has 0 radical (unpaired) electrons. The summed E-state index contributed by atoms with van der Waals surface area (Å²) in [4.78, 5) is 4.19. The fraction of sp³-hybridized carbons (Fsp3) is 0.267. The highest BCUT2D eigenvalue weighted by molar-refractivity contribution is 5.38. The van der Waals surface area contributed by atoms with Crippen molar-refractivity contribution in [3.8, 4) is 0 Å². The zero-order chi connectivity index (χ0) is 12.5. The molecule has 1 aliphatic rings. The topological polar surface area (TPSA) is 24.9 Å². The first-order valence-electron chi connectivity index (χ1n) is 6.18. The number of benzene rings is 1. The van der Waals surface area contributed by atoms with E-state index in [0.29, 0.717) is 6.04 Å². The number of rotatable bonds is 1. The molecule has 18 heavy (non-hydrogen) atoms. The Kier molecular flexibility index (Phi) is 2.84. The average Bonchev–Trinajstić information content (AvgIpc) is 2.37. The van der Waals surface area contributed by atoms with Crippen molar-refractivity contribution in [2.24, 2.45) is 0 Å². The van der Waals surface area contributed by atoms with Crippen LogP contribution in [0.25, 0.3) is 0 Å². The van der Waals surface area contributed by atoms with Crippen LogP contribution in [0.3, 0.4) is 0 Å². The summed E-state index contributed by atoms with van der Waals surface area (Å²) in [5, 5.41) is 3.51.